The molecule has 0 radical (unpaired) electrons. The summed E-state index contributed by atoms with van der Waals surface area (Å²) in [6.07, 6.45) is 7.19. The summed E-state index contributed by atoms with van der Waals surface area (Å²) >= 11 is 0. The van der Waals surface area contributed by atoms with Gasteiger partial charge in [-0.25, -0.2) is 9.97 Å². The first-order chi connectivity index (χ1) is 8.92. The van der Waals surface area contributed by atoms with E-state index in [0.29, 0.717) is 11.8 Å². The number of ether oxygens (including phenoxy) is 1. The van der Waals surface area contributed by atoms with E-state index in [2.05, 4.69) is 20.3 Å². The van der Waals surface area contributed by atoms with Crippen LogP contribution in [0.25, 0.3) is 11.2 Å². The summed E-state index contributed by atoms with van der Waals surface area (Å²) in [5.74, 6) is 0.831. The van der Waals surface area contributed by atoms with Gasteiger partial charge in [-0.15, -0.1) is 0 Å². The number of aromatic nitrogens is 3. The van der Waals surface area contributed by atoms with Crippen LogP contribution in [0.2, 0.25) is 0 Å². The average Bonchev–Trinajstić information content (AvgIpc) is 2.46. The molecule has 18 heavy (non-hydrogen) atoms. The Morgan fingerprint density at radius 2 is 2.17 bits per heavy atom. The third kappa shape index (κ3) is 2.56. The minimum absolute atomic E-state index is 0.304. The molecule has 1 aliphatic heterocycles. The molecule has 1 saturated heterocycles. The molecule has 0 spiro atoms. The minimum atomic E-state index is 0.304. The van der Waals surface area contributed by atoms with E-state index in [4.69, 9.17) is 4.74 Å². The lowest BCUT2D eigenvalue weighted by Gasteiger charge is -2.22. The van der Waals surface area contributed by atoms with Crippen molar-refractivity contribution < 1.29 is 4.74 Å². The number of hydrogen-bond acceptors (Lipinski definition) is 5. The summed E-state index contributed by atoms with van der Waals surface area (Å²) in [6.45, 7) is 1.68. The molecule has 5 nitrogen and oxygen atoms in total. The van der Waals surface area contributed by atoms with Crippen molar-refractivity contribution in [2.75, 3.05) is 18.5 Å². The lowest BCUT2D eigenvalue weighted by molar-refractivity contribution is 0.0247. The Morgan fingerprint density at radius 3 is 3.06 bits per heavy atom. The molecule has 0 aliphatic carbocycles. The zero-order valence-electron chi connectivity index (χ0n) is 10.2. The zero-order valence-corrected chi connectivity index (χ0v) is 10.2. The quantitative estimate of drug-likeness (QED) is 0.895. The first-order valence-electron chi connectivity index (χ1n) is 6.35. The zero-order chi connectivity index (χ0) is 12.2. The Kier molecular flexibility index (Phi) is 3.32. The van der Waals surface area contributed by atoms with Gasteiger partial charge in [0.15, 0.2) is 5.65 Å². The molecule has 0 aromatic carbocycles. The van der Waals surface area contributed by atoms with E-state index in [-0.39, 0.29) is 0 Å². The molecule has 1 fully saturated rings. The van der Waals surface area contributed by atoms with Crippen molar-refractivity contribution in [3.63, 3.8) is 0 Å². The maximum absolute atomic E-state index is 5.67. The van der Waals surface area contributed by atoms with Gasteiger partial charge in [0.1, 0.15) is 11.3 Å². The summed E-state index contributed by atoms with van der Waals surface area (Å²) in [5, 5.41) is 3.30. The van der Waals surface area contributed by atoms with Gasteiger partial charge < -0.3 is 10.1 Å². The standard InChI is InChI=1S/C13H16N4O/c1-2-8-18-10(3-1)9-16-12-5-4-11-13(17-12)15-7-6-14-11/h4-7,10H,1-3,8-9H2,(H,15,16,17). The Bertz CT molecular complexity index is 525. The molecule has 3 rings (SSSR count). The number of nitrogens with zero attached hydrogens (tertiary/aromatic N) is 3. The summed E-state index contributed by atoms with van der Waals surface area (Å²) in [5.41, 5.74) is 1.49. The maximum Gasteiger partial charge on any atom is 0.180 e. The van der Waals surface area contributed by atoms with Crippen LogP contribution in [-0.4, -0.2) is 34.2 Å². The lowest BCUT2D eigenvalue weighted by atomic mass is 10.1. The first-order valence-corrected chi connectivity index (χ1v) is 6.35. The van der Waals surface area contributed by atoms with Crippen LogP contribution in [-0.2, 0) is 4.74 Å². The van der Waals surface area contributed by atoms with E-state index >= 15 is 0 Å². The smallest absolute Gasteiger partial charge is 0.180 e. The largest absolute Gasteiger partial charge is 0.376 e. The van der Waals surface area contributed by atoms with E-state index < -0.39 is 0 Å². The van der Waals surface area contributed by atoms with Gasteiger partial charge >= 0.3 is 0 Å². The summed E-state index contributed by atoms with van der Waals surface area (Å²) < 4.78 is 5.67. The van der Waals surface area contributed by atoms with Gasteiger partial charge in [0.25, 0.3) is 0 Å². The molecule has 0 saturated carbocycles. The van der Waals surface area contributed by atoms with Crippen LogP contribution in [0.1, 0.15) is 19.3 Å². The molecule has 0 amide bonds. The number of pyridine rings is 1. The molecule has 1 N–H and O–H groups in total. The van der Waals surface area contributed by atoms with Gasteiger partial charge in [-0.3, -0.25) is 4.98 Å². The average molecular weight is 244 g/mol. The highest BCUT2D eigenvalue weighted by atomic mass is 16.5. The fraction of sp³-hybridized carbons (Fsp3) is 0.462. The van der Waals surface area contributed by atoms with Crippen molar-refractivity contribution in [2.45, 2.75) is 25.4 Å². The number of anilines is 1. The fourth-order valence-electron chi connectivity index (χ4n) is 2.14. The minimum Gasteiger partial charge on any atom is -0.376 e. The van der Waals surface area contributed by atoms with Gasteiger partial charge in [0.05, 0.1) is 6.10 Å². The highest BCUT2D eigenvalue weighted by molar-refractivity contribution is 5.71. The van der Waals surface area contributed by atoms with Gasteiger partial charge in [-0.2, -0.15) is 0 Å². The highest BCUT2D eigenvalue weighted by Crippen LogP contribution is 2.14. The van der Waals surface area contributed by atoms with Crippen LogP contribution in [0, 0.1) is 0 Å². The van der Waals surface area contributed by atoms with Crippen LogP contribution in [0.15, 0.2) is 24.5 Å². The van der Waals surface area contributed by atoms with Crippen LogP contribution < -0.4 is 5.32 Å². The third-order valence-electron chi connectivity index (χ3n) is 3.12. The molecule has 3 heterocycles. The Morgan fingerprint density at radius 1 is 1.22 bits per heavy atom. The van der Waals surface area contributed by atoms with Gasteiger partial charge in [-0.05, 0) is 31.4 Å². The van der Waals surface area contributed by atoms with Gasteiger partial charge in [0.2, 0.25) is 0 Å². The fourth-order valence-corrected chi connectivity index (χ4v) is 2.14. The predicted molar refractivity (Wildman–Crippen MR) is 69.4 cm³/mol. The molecule has 1 unspecified atom stereocenters. The van der Waals surface area contributed by atoms with Crippen molar-refractivity contribution in [2.24, 2.45) is 0 Å². The molecule has 1 atom stereocenters. The molecule has 1 aliphatic rings. The van der Waals surface area contributed by atoms with E-state index in [0.717, 1.165) is 30.9 Å². The molecule has 2 aromatic rings. The maximum atomic E-state index is 5.67. The summed E-state index contributed by atoms with van der Waals surface area (Å²) in [6, 6.07) is 3.86. The van der Waals surface area contributed by atoms with Gasteiger partial charge in [-0.1, -0.05) is 0 Å². The van der Waals surface area contributed by atoms with Crippen molar-refractivity contribution in [1.82, 2.24) is 15.0 Å². The number of nitrogens with one attached hydrogen (secondary N) is 1. The van der Waals surface area contributed by atoms with E-state index in [1.165, 1.54) is 12.8 Å². The molecular weight excluding hydrogens is 228 g/mol. The SMILES string of the molecule is c1cnc2nc(NCC3CCCCO3)ccc2n1. The van der Waals surface area contributed by atoms with E-state index in [9.17, 15) is 0 Å². The van der Waals surface area contributed by atoms with Crippen molar-refractivity contribution in [3.05, 3.63) is 24.5 Å². The van der Waals surface area contributed by atoms with Crippen LogP contribution in [0.5, 0.6) is 0 Å². The van der Waals surface area contributed by atoms with Crippen molar-refractivity contribution in [1.29, 1.82) is 0 Å². The van der Waals surface area contributed by atoms with Crippen LogP contribution in [0.3, 0.4) is 0 Å². The van der Waals surface area contributed by atoms with E-state index in [1.807, 2.05) is 12.1 Å². The number of rotatable bonds is 3. The van der Waals surface area contributed by atoms with Crippen molar-refractivity contribution in [3.8, 4) is 0 Å². The number of fused-ring (bicyclic) bond motifs is 1. The summed E-state index contributed by atoms with van der Waals surface area (Å²) in [4.78, 5) is 12.8. The predicted octanol–water partition coefficient (Wildman–Crippen LogP) is 2.01. The molecule has 94 valence electrons. The molecular formula is C13H16N4O. The Hall–Kier alpha value is -1.75. The van der Waals surface area contributed by atoms with Crippen LogP contribution in [0.4, 0.5) is 5.82 Å². The topological polar surface area (TPSA) is 59.9 Å². The Balaban J connectivity index is 1.66. The second-order valence-corrected chi connectivity index (χ2v) is 4.47. The van der Waals surface area contributed by atoms with Crippen molar-refractivity contribution >= 4 is 17.0 Å². The normalized spacial score (nSPS) is 19.9. The Labute approximate surface area is 106 Å². The molecule has 0 bridgehead atoms. The highest BCUT2D eigenvalue weighted by Gasteiger charge is 2.13. The first kappa shape index (κ1) is 11.3. The third-order valence-corrected chi connectivity index (χ3v) is 3.12. The van der Waals surface area contributed by atoms with Gasteiger partial charge in [0, 0.05) is 25.5 Å². The molecule has 2 aromatic heterocycles. The monoisotopic (exact) mass is 244 g/mol. The molecule has 5 heteroatoms. The number of hydrogen-bond donors (Lipinski definition) is 1. The second-order valence-electron chi connectivity index (χ2n) is 4.47. The lowest BCUT2D eigenvalue weighted by Crippen LogP contribution is -2.27. The second kappa shape index (κ2) is 5.27. The van der Waals surface area contributed by atoms with E-state index in [1.54, 1.807) is 12.4 Å². The van der Waals surface area contributed by atoms with Crippen LogP contribution >= 0.6 is 0 Å². The summed E-state index contributed by atoms with van der Waals surface area (Å²) in [7, 11) is 0.